The van der Waals surface area contributed by atoms with E-state index < -0.39 is 0 Å². The third-order valence-electron chi connectivity index (χ3n) is 4.00. The maximum atomic E-state index is 2.41. The van der Waals surface area contributed by atoms with Crippen LogP contribution in [0, 0.1) is 11.3 Å². The number of rotatable bonds is 6. The van der Waals surface area contributed by atoms with Gasteiger partial charge in [0.1, 0.15) is 0 Å². The SMILES string of the molecule is CC/C=C/CCC1CC1(C)/C=C/c1ccccc1. The fourth-order valence-corrected chi connectivity index (χ4v) is 2.54. The van der Waals surface area contributed by atoms with E-state index in [1.165, 1.54) is 24.8 Å². The third kappa shape index (κ3) is 3.60. The Bertz CT molecular complexity index is 413. The highest BCUT2D eigenvalue weighted by Gasteiger charge is 2.46. The van der Waals surface area contributed by atoms with Gasteiger partial charge in [-0.15, -0.1) is 0 Å². The van der Waals surface area contributed by atoms with E-state index in [2.05, 4.69) is 68.5 Å². The van der Waals surface area contributed by atoms with Gasteiger partial charge in [-0.1, -0.05) is 68.5 Å². The fraction of sp³-hybridized carbons (Fsp3) is 0.444. The van der Waals surface area contributed by atoms with Gasteiger partial charge in [-0.25, -0.2) is 0 Å². The molecular weight excluding hydrogens is 216 g/mol. The van der Waals surface area contributed by atoms with E-state index >= 15 is 0 Å². The molecule has 1 aromatic carbocycles. The molecule has 1 fully saturated rings. The van der Waals surface area contributed by atoms with E-state index in [-0.39, 0.29) is 0 Å². The van der Waals surface area contributed by atoms with Crippen LogP contribution in [0.1, 0.15) is 45.1 Å². The number of hydrogen-bond acceptors (Lipinski definition) is 0. The van der Waals surface area contributed by atoms with Gasteiger partial charge in [-0.3, -0.25) is 0 Å². The monoisotopic (exact) mass is 240 g/mol. The minimum absolute atomic E-state index is 0.454. The first-order valence-electron chi connectivity index (χ1n) is 7.14. The van der Waals surface area contributed by atoms with Crippen LogP contribution in [0.15, 0.2) is 48.6 Å². The Morgan fingerprint density at radius 3 is 2.72 bits per heavy atom. The molecule has 1 saturated carbocycles. The van der Waals surface area contributed by atoms with Crippen LogP contribution in [0.4, 0.5) is 0 Å². The number of allylic oxidation sites excluding steroid dienone is 3. The molecule has 0 aliphatic heterocycles. The van der Waals surface area contributed by atoms with E-state index in [1.807, 2.05) is 0 Å². The van der Waals surface area contributed by atoms with Crippen LogP contribution in [0.3, 0.4) is 0 Å². The molecular formula is C18H24. The molecule has 0 saturated heterocycles. The second kappa shape index (κ2) is 6.04. The van der Waals surface area contributed by atoms with Crippen molar-refractivity contribution in [3.05, 3.63) is 54.1 Å². The van der Waals surface area contributed by atoms with Crippen molar-refractivity contribution in [3.8, 4) is 0 Å². The van der Waals surface area contributed by atoms with Gasteiger partial charge in [0, 0.05) is 0 Å². The zero-order chi connectivity index (χ0) is 12.8. The van der Waals surface area contributed by atoms with Crippen molar-refractivity contribution in [2.45, 2.75) is 39.5 Å². The Morgan fingerprint density at radius 1 is 1.22 bits per heavy atom. The summed E-state index contributed by atoms with van der Waals surface area (Å²) in [6.07, 6.45) is 14.4. The Balaban J connectivity index is 1.81. The van der Waals surface area contributed by atoms with Gasteiger partial charge in [-0.2, -0.15) is 0 Å². The van der Waals surface area contributed by atoms with Gasteiger partial charge < -0.3 is 0 Å². The van der Waals surface area contributed by atoms with Crippen molar-refractivity contribution in [3.63, 3.8) is 0 Å². The number of benzene rings is 1. The van der Waals surface area contributed by atoms with Crippen molar-refractivity contribution < 1.29 is 0 Å². The molecule has 0 heterocycles. The van der Waals surface area contributed by atoms with Gasteiger partial charge in [0.05, 0.1) is 0 Å². The highest BCUT2D eigenvalue weighted by molar-refractivity contribution is 5.50. The summed E-state index contributed by atoms with van der Waals surface area (Å²) >= 11 is 0. The van der Waals surface area contributed by atoms with Gasteiger partial charge in [0.25, 0.3) is 0 Å². The molecule has 0 radical (unpaired) electrons. The van der Waals surface area contributed by atoms with Crippen molar-refractivity contribution in [2.75, 3.05) is 0 Å². The first kappa shape index (κ1) is 13.1. The Labute approximate surface area is 111 Å². The first-order chi connectivity index (χ1) is 8.74. The second-order valence-corrected chi connectivity index (χ2v) is 5.61. The summed E-state index contributed by atoms with van der Waals surface area (Å²) in [7, 11) is 0. The van der Waals surface area contributed by atoms with E-state index in [1.54, 1.807) is 0 Å². The van der Waals surface area contributed by atoms with Crippen LogP contribution < -0.4 is 0 Å². The van der Waals surface area contributed by atoms with E-state index in [0.717, 1.165) is 12.3 Å². The second-order valence-electron chi connectivity index (χ2n) is 5.61. The molecule has 0 amide bonds. The zero-order valence-electron chi connectivity index (χ0n) is 11.6. The zero-order valence-corrected chi connectivity index (χ0v) is 11.6. The Kier molecular flexibility index (Phi) is 4.41. The van der Waals surface area contributed by atoms with Crippen molar-refractivity contribution in [1.82, 2.24) is 0 Å². The summed E-state index contributed by atoms with van der Waals surface area (Å²) in [5, 5.41) is 0. The highest BCUT2D eigenvalue weighted by atomic mass is 14.5. The Morgan fingerprint density at radius 2 is 2.00 bits per heavy atom. The molecule has 0 nitrogen and oxygen atoms in total. The molecule has 1 aromatic rings. The lowest BCUT2D eigenvalue weighted by Crippen LogP contribution is -1.92. The maximum Gasteiger partial charge on any atom is -0.0112 e. The van der Waals surface area contributed by atoms with Crippen molar-refractivity contribution in [1.29, 1.82) is 0 Å². The molecule has 1 aliphatic rings. The molecule has 0 bridgehead atoms. The minimum atomic E-state index is 0.454. The average Bonchev–Trinajstić information content (AvgIpc) is 3.05. The summed E-state index contributed by atoms with van der Waals surface area (Å²) in [6, 6.07) is 10.6. The average molecular weight is 240 g/mol. The van der Waals surface area contributed by atoms with Crippen molar-refractivity contribution >= 4 is 6.08 Å². The van der Waals surface area contributed by atoms with E-state index in [9.17, 15) is 0 Å². The lowest BCUT2D eigenvalue weighted by Gasteiger charge is -2.04. The van der Waals surface area contributed by atoms with Gasteiger partial charge >= 0.3 is 0 Å². The molecule has 2 unspecified atom stereocenters. The van der Waals surface area contributed by atoms with Gasteiger partial charge in [-0.05, 0) is 42.6 Å². The fourth-order valence-electron chi connectivity index (χ4n) is 2.54. The predicted octanol–water partition coefficient (Wildman–Crippen LogP) is 5.47. The van der Waals surface area contributed by atoms with Crippen LogP contribution in [-0.4, -0.2) is 0 Å². The summed E-state index contributed by atoms with van der Waals surface area (Å²) in [4.78, 5) is 0. The molecule has 0 N–H and O–H groups in total. The normalized spacial score (nSPS) is 27.1. The van der Waals surface area contributed by atoms with Crippen LogP contribution >= 0.6 is 0 Å². The van der Waals surface area contributed by atoms with E-state index in [0.29, 0.717) is 5.41 Å². The third-order valence-corrected chi connectivity index (χ3v) is 4.00. The smallest absolute Gasteiger partial charge is 0.0112 e. The molecule has 0 aromatic heterocycles. The van der Waals surface area contributed by atoms with Crippen LogP contribution in [0.2, 0.25) is 0 Å². The number of hydrogen-bond donors (Lipinski definition) is 0. The van der Waals surface area contributed by atoms with Crippen LogP contribution in [-0.2, 0) is 0 Å². The molecule has 2 rings (SSSR count). The molecule has 1 aliphatic carbocycles. The Hall–Kier alpha value is -1.30. The lowest BCUT2D eigenvalue weighted by atomic mass is 10.0. The molecule has 18 heavy (non-hydrogen) atoms. The lowest BCUT2D eigenvalue weighted by molar-refractivity contribution is 0.593. The summed E-state index contributed by atoms with van der Waals surface area (Å²) in [6.45, 7) is 4.58. The summed E-state index contributed by atoms with van der Waals surface area (Å²) in [5.41, 5.74) is 1.77. The highest BCUT2D eigenvalue weighted by Crippen LogP contribution is 2.56. The van der Waals surface area contributed by atoms with Gasteiger partial charge in [0.15, 0.2) is 0 Å². The quantitative estimate of drug-likeness (QED) is 0.578. The van der Waals surface area contributed by atoms with Crippen LogP contribution in [0.5, 0.6) is 0 Å². The summed E-state index contributed by atoms with van der Waals surface area (Å²) < 4.78 is 0. The molecule has 0 spiro atoms. The van der Waals surface area contributed by atoms with E-state index in [4.69, 9.17) is 0 Å². The van der Waals surface area contributed by atoms with Crippen LogP contribution in [0.25, 0.3) is 6.08 Å². The minimum Gasteiger partial charge on any atom is -0.0888 e. The molecule has 2 atom stereocenters. The standard InChI is InChI=1S/C18H24/c1-3-4-5-9-12-17-15-18(17,2)14-13-16-10-7-6-8-11-16/h4-8,10-11,13-14,17H,3,9,12,15H2,1-2H3/b5-4+,14-13+. The predicted molar refractivity (Wildman–Crippen MR) is 80.4 cm³/mol. The molecule has 96 valence electrons. The first-order valence-corrected chi connectivity index (χ1v) is 7.14. The maximum absolute atomic E-state index is 2.41. The largest absolute Gasteiger partial charge is 0.0888 e. The topological polar surface area (TPSA) is 0 Å². The molecule has 0 heteroatoms. The summed E-state index contributed by atoms with van der Waals surface area (Å²) in [5.74, 6) is 0.888. The van der Waals surface area contributed by atoms with Gasteiger partial charge in [0.2, 0.25) is 0 Å². The van der Waals surface area contributed by atoms with Crippen molar-refractivity contribution in [2.24, 2.45) is 11.3 Å².